The van der Waals surface area contributed by atoms with Crippen molar-refractivity contribution in [1.82, 2.24) is 14.9 Å². The second-order valence-electron chi connectivity index (χ2n) is 5.86. The number of halogens is 2. The minimum absolute atomic E-state index is 0. The van der Waals surface area contributed by atoms with Gasteiger partial charge in [0.25, 0.3) is 0 Å². The van der Waals surface area contributed by atoms with E-state index in [0.29, 0.717) is 6.04 Å². The largest absolute Gasteiger partial charge is 0.322 e. The first-order valence-corrected chi connectivity index (χ1v) is 6.25. The minimum Gasteiger partial charge on any atom is -0.322 e. The maximum Gasteiger partial charge on any atom is 0.115 e. The van der Waals surface area contributed by atoms with Gasteiger partial charge in [0.15, 0.2) is 0 Å². The third kappa shape index (κ3) is 2.73. The van der Waals surface area contributed by atoms with E-state index < -0.39 is 0 Å². The summed E-state index contributed by atoms with van der Waals surface area (Å²) in [5.41, 5.74) is 2.47. The topological polar surface area (TPSA) is 29.9 Å². The van der Waals surface area contributed by atoms with Gasteiger partial charge < -0.3 is 9.88 Å². The number of benzene rings is 1. The molecule has 1 aliphatic rings. The van der Waals surface area contributed by atoms with Crippen LogP contribution in [-0.4, -0.2) is 22.6 Å². The molecule has 3 nitrogen and oxygen atoms in total. The molecule has 0 saturated carbocycles. The van der Waals surface area contributed by atoms with Crippen molar-refractivity contribution >= 4 is 35.8 Å². The molecule has 0 bridgehead atoms. The molecule has 1 N–H and O–H groups in total. The lowest BCUT2D eigenvalue weighted by molar-refractivity contribution is 0.327. The van der Waals surface area contributed by atoms with Crippen molar-refractivity contribution in [3.8, 4) is 0 Å². The highest BCUT2D eigenvalue weighted by molar-refractivity contribution is 5.85. The molecule has 3 rings (SSSR count). The summed E-state index contributed by atoms with van der Waals surface area (Å²) < 4.78 is 2.42. The molecule has 0 aliphatic carbocycles. The van der Waals surface area contributed by atoms with Crippen molar-refractivity contribution in [2.24, 2.45) is 0 Å². The van der Waals surface area contributed by atoms with Gasteiger partial charge in [0.05, 0.1) is 17.1 Å². The molecular weight excluding hydrogens is 281 g/mol. The summed E-state index contributed by atoms with van der Waals surface area (Å²) in [6, 6.07) is 9.00. The van der Waals surface area contributed by atoms with Crippen molar-refractivity contribution in [3.05, 3.63) is 30.1 Å². The number of imidazole rings is 1. The normalized spacial score (nSPS) is 15.5. The summed E-state index contributed by atoms with van der Waals surface area (Å²) in [4.78, 5) is 4.82. The van der Waals surface area contributed by atoms with Gasteiger partial charge in [-0.3, -0.25) is 0 Å². The van der Waals surface area contributed by atoms with Gasteiger partial charge >= 0.3 is 0 Å². The standard InChI is InChI=1S/C14H19N3.2ClH/c1-14(2,3)13-16-11-6-4-5-7-12(11)17(13)10-8-15-9-10;;/h4-7,10,15H,8-9H2,1-3H3;2*1H. The van der Waals surface area contributed by atoms with Crippen molar-refractivity contribution < 1.29 is 0 Å². The number of hydrogen-bond acceptors (Lipinski definition) is 2. The Labute approximate surface area is 126 Å². The van der Waals surface area contributed by atoms with E-state index in [4.69, 9.17) is 4.98 Å². The Kier molecular flexibility index (Phi) is 4.88. The summed E-state index contributed by atoms with van der Waals surface area (Å²) in [6.45, 7) is 8.82. The summed E-state index contributed by atoms with van der Waals surface area (Å²) >= 11 is 0. The van der Waals surface area contributed by atoms with Gasteiger partial charge in [0.2, 0.25) is 0 Å². The smallest absolute Gasteiger partial charge is 0.115 e. The molecule has 1 aromatic carbocycles. The average molecular weight is 302 g/mol. The van der Waals surface area contributed by atoms with E-state index in [-0.39, 0.29) is 30.2 Å². The first-order valence-electron chi connectivity index (χ1n) is 6.25. The Hall–Kier alpha value is -0.770. The Bertz CT molecular complexity index is 553. The molecule has 0 spiro atoms. The van der Waals surface area contributed by atoms with E-state index in [0.717, 1.165) is 18.6 Å². The molecule has 1 saturated heterocycles. The van der Waals surface area contributed by atoms with Crippen LogP contribution in [0, 0.1) is 0 Å². The van der Waals surface area contributed by atoms with Crippen LogP contribution in [0.15, 0.2) is 24.3 Å². The Morgan fingerprint density at radius 3 is 2.32 bits per heavy atom. The molecule has 5 heteroatoms. The number of fused-ring (bicyclic) bond motifs is 1. The van der Waals surface area contributed by atoms with Gasteiger partial charge in [-0.2, -0.15) is 0 Å². The fourth-order valence-electron chi connectivity index (χ4n) is 2.40. The Morgan fingerprint density at radius 2 is 1.79 bits per heavy atom. The second-order valence-corrected chi connectivity index (χ2v) is 5.86. The van der Waals surface area contributed by atoms with Crippen LogP contribution in [0.3, 0.4) is 0 Å². The highest BCUT2D eigenvalue weighted by Gasteiger charge is 2.29. The quantitative estimate of drug-likeness (QED) is 0.876. The zero-order valence-corrected chi connectivity index (χ0v) is 13.1. The number of rotatable bonds is 1. The second kappa shape index (κ2) is 5.70. The molecule has 19 heavy (non-hydrogen) atoms. The van der Waals surface area contributed by atoms with Gasteiger partial charge in [0, 0.05) is 18.5 Å². The first-order chi connectivity index (χ1) is 8.07. The average Bonchev–Trinajstić information content (AvgIpc) is 2.55. The minimum atomic E-state index is 0. The molecule has 0 unspecified atom stereocenters. The van der Waals surface area contributed by atoms with Crippen molar-refractivity contribution in [1.29, 1.82) is 0 Å². The van der Waals surface area contributed by atoms with Crippen LogP contribution in [-0.2, 0) is 5.41 Å². The van der Waals surface area contributed by atoms with Crippen LogP contribution in [0.4, 0.5) is 0 Å². The molecule has 0 amide bonds. The number of nitrogens with zero attached hydrogens (tertiary/aromatic N) is 2. The van der Waals surface area contributed by atoms with E-state index in [2.05, 4.69) is 54.9 Å². The van der Waals surface area contributed by atoms with E-state index >= 15 is 0 Å². The highest BCUT2D eigenvalue weighted by Crippen LogP contribution is 2.30. The lowest BCUT2D eigenvalue weighted by Crippen LogP contribution is -2.44. The Balaban J connectivity index is 0.000000902. The highest BCUT2D eigenvalue weighted by atomic mass is 35.5. The van der Waals surface area contributed by atoms with Gasteiger partial charge in [-0.15, -0.1) is 24.8 Å². The van der Waals surface area contributed by atoms with E-state index in [9.17, 15) is 0 Å². The molecule has 1 fully saturated rings. The first kappa shape index (κ1) is 16.3. The third-order valence-corrected chi connectivity index (χ3v) is 3.39. The van der Waals surface area contributed by atoms with E-state index in [1.807, 2.05) is 0 Å². The number of hydrogen-bond donors (Lipinski definition) is 1. The Morgan fingerprint density at radius 1 is 1.16 bits per heavy atom. The lowest BCUT2D eigenvalue weighted by Gasteiger charge is -2.33. The van der Waals surface area contributed by atoms with Crippen LogP contribution in [0.25, 0.3) is 11.0 Å². The lowest BCUT2D eigenvalue weighted by atomic mass is 9.95. The molecule has 106 valence electrons. The predicted molar refractivity (Wildman–Crippen MR) is 84.8 cm³/mol. The summed E-state index contributed by atoms with van der Waals surface area (Å²) in [5, 5.41) is 3.34. The van der Waals surface area contributed by atoms with Crippen molar-refractivity contribution in [3.63, 3.8) is 0 Å². The van der Waals surface area contributed by atoms with Crippen LogP contribution >= 0.6 is 24.8 Å². The summed E-state index contributed by atoms with van der Waals surface area (Å²) in [7, 11) is 0. The number of nitrogens with one attached hydrogen (secondary N) is 1. The SMILES string of the molecule is CC(C)(C)c1nc2ccccc2n1C1CNC1.Cl.Cl. The third-order valence-electron chi connectivity index (χ3n) is 3.39. The molecule has 1 aromatic heterocycles. The van der Waals surface area contributed by atoms with Crippen LogP contribution in [0.2, 0.25) is 0 Å². The molecule has 0 atom stereocenters. The fourth-order valence-corrected chi connectivity index (χ4v) is 2.40. The van der Waals surface area contributed by atoms with Crippen LogP contribution in [0.5, 0.6) is 0 Å². The molecule has 2 heterocycles. The van der Waals surface area contributed by atoms with Crippen molar-refractivity contribution in [2.45, 2.75) is 32.2 Å². The molecule has 2 aromatic rings. The zero-order valence-electron chi connectivity index (χ0n) is 11.5. The van der Waals surface area contributed by atoms with Gasteiger partial charge in [0.1, 0.15) is 5.82 Å². The fraction of sp³-hybridized carbons (Fsp3) is 0.500. The van der Waals surface area contributed by atoms with Gasteiger partial charge in [-0.05, 0) is 12.1 Å². The molecule has 1 aliphatic heterocycles. The maximum absolute atomic E-state index is 4.82. The van der Waals surface area contributed by atoms with Crippen molar-refractivity contribution in [2.75, 3.05) is 13.1 Å². The summed E-state index contributed by atoms with van der Waals surface area (Å²) in [6.07, 6.45) is 0. The summed E-state index contributed by atoms with van der Waals surface area (Å²) in [5.74, 6) is 1.20. The monoisotopic (exact) mass is 301 g/mol. The van der Waals surface area contributed by atoms with Crippen LogP contribution < -0.4 is 5.32 Å². The zero-order chi connectivity index (χ0) is 12.0. The predicted octanol–water partition coefficient (Wildman–Crippen LogP) is 3.32. The van der Waals surface area contributed by atoms with Gasteiger partial charge in [-0.25, -0.2) is 4.98 Å². The van der Waals surface area contributed by atoms with E-state index in [1.54, 1.807) is 0 Å². The van der Waals surface area contributed by atoms with E-state index in [1.165, 1.54) is 11.3 Å². The number of para-hydroxylation sites is 2. The molecule has 0 radical (unpaired) electrons. The number of aromatic nitrogens is 2. The van der Waals surface area contributed by atoms with Crippen LogP contribution in [0.1, 0.15) is 32.6 Å². The molecular formula is C14H21Cl2N3. The maximum atomic E-state index is 4.82. The van der Waals surface area contributed by atoms with Gasteiger partial charge in [-0.1, -0.05) is 32.9 Å².